The van der Waals surface area contributed by atoms with Gasteiger partial charge in [-0.3, -0.25) is 9.59 Å². The number of ether oxygens (including phenoxy) is 3. The molecule has 1 fully saturated rings. The van der Waals surface area contributed by atoms with Crippen LogP contribution in [0.1, 0.15) is 31.9 Å². The number of rotatable bonds is 4. The molecule has 5 nitrogen and oxygen atoms in total. The summed E-state index contributed by atoms with van der Waals surface area (Å²) in [7, 11) is 2.56. The molecule has 1 heterocycles. The summed E-state index contributed by atoms with van der Waals surface area (Å²) in [6.45, 7) is 3.83. The fourth-order valence-corrected chi connectivity index (χ4v) is 3.19. The second-order valence-corrected chi connectivity index (χ2v) is 5.86. The van der Waals surface area contributed by atoms with Gasteiger partial charge in [-0.15, -0.1) is 0 Å². The fraction of sp³-hybridized carbons (Fsp3) is 0.529. The van der Waals surface area contributed by atoms with Crippen LogP contribution in [0.4, 0.5) is 0 Å². The molecule has 0 radical (unpaired) electrons. The van der Waals surface area contributed by atoms with E-state index in [1.807, 2.05) is 44.2 Å². The number of carbonyl (C=O) groups is 2. The topological polar surface area (TPSA) is 61.8 Å². The summed E-state index contributed by atoms with van der Waals surface area (Å²) in [5.41, 5.74) is -0.485. The van der Waals surface area contributed by atoms with E-state index in [2.05, 4.69) is 0 Å². The van der Waals surface area contributed by atoms with E-state index < -0.39 is 23.5 Å². The van der Waals surface area contributed by atoms with Gasteiger partial charge in [0.2, 0.25) is 0 Å². The monoisotopic (exact) mass is 306 g/mol. The minimum atomic E-state index is -1.42. The molecule has 1 saturated heterocycles. The summed E-state index contributed by atoms with van der Waals surface area (Å²) in [6.07, 6.45) is -0.705. The summed E-state index contributed by atoms with van der Waals surface area (Å²) in [4.78, 5) is 24.9. The van der Waals surface area contributed by atoms with E-state index >= 15 is 0 Å². The predicted octanol–water partition coefficient (Wildman–Crippen LogP) is 2.51. The van der Waals surface area contributed by atoms with Crippen LogP contribution in [0.15, 0.2) is 30.3 Å². The van der Waals surface area contributed by atoms with Gasteiger partial charge in [0, 0.05) is 6.42 Å². The van der Waals surface area contributed by atoms with Crippen LogP contribution >= 0.6 is 0 Å². The standard InChI is InChI=1S/C17H22O5/c1-11(2)14-17(15(18)20-3,16(19)21-4)10-13(22-14)12-8-6-5-7-9-12/h5-9,11,13-14H,10H2,1-4H3/t13-,14+/m1/s1. The lowest BCUT2D eigenvalue weighted by Gasteiger charge is -2.30. The Labute approximate surface area is 130 Å². The Balaban J connectivity index is 2.46. The van der Waals surface area contributed by atoms with Gasteiger partial charge in [0.1, 0.15) is 0 Å². The smallest absolute Gasteiger partial charge is 0.326 e. The van der Waals surface area contributed by atoms with Gasteiger partial charge in [0.15, 0.2) is 5.41 Å². The van der Waals surface area contributed by atoms with E-state index in [1.165, 1.54) is 14.2 Å². The molecule has 120 valence electrons. The van der Waals surface area contributed by atoms with Crippen LogP contribution in [-0.2, 0) is 23.8 Å². The molecule has 0 amide bonds. The van der Waals surface area contributed by atoms with Crippen LogP contribution in [0.3, 0.4) is 0 Å². The second-order valence-electron chi connectivity index (χ2n) is 5.86. The predicted molar refractivity (Wildman–Crippen MR) is 80.0 cm³/mol. The number of methoxy groups -OCH3 is 2. The van der Waals surface area contributed by atoms with Crippen LogP contribution in [0.2, 0.25) is 0 Å². The minimum Gasteiger partial charge on any atom is -0.468 e. The summed E-state index contributed by atoms with van der Waals surface area (Å²) < 4.78 is 15.9. The van der Waals surface area contributed by atoms with Gasteiger partial charge in [-0.1, -0.05) is 44.2 Å². The quantitative estimate of drug-likeness (QED) is 0.632. The zero-order valence-corrected chi connectivity index (χ0v) is 13.4. The van der Waals surface area contributed by atoms with Gasteiger partial charge in [0.05, 0.1) is 26.4 Å². The van der Waals surface area contributed by atoms with Crippen LogP contribution in [0.25, 0.3) is 0 Å². The fourth-order valence-electron chi connectivity index (χ4n) is 3.19. The van der Waals surface area contributed by atoms with Gasteiger partial charge in [-0.05, 0) is 11.5 Å². The molecule has 1 aliphatic heterocycles. The van der Waals surface area contributed by atoms with Crippen molar-refractivity contribution in [2.75, 3.05) is 14.2 Å². The summed E-state index contributed by atoms with van der Waals surface area (Å²) in [5.74, 6) is -1.24. The first-order valence-corrected chi connectivity index (χ1v) is 7.34. The maximum Gasteiger partial charge on any atom is 0.326 e. The van der Waals surface area contributed by atoms with Crippen molar-refractivity contribution in [3.8, 4) is 0 Å². The van der Waals surface area contributed by atoms with Crippen LogP contribution in [0, 0.1) is 11.3 Å². The van der Waals surface area contributed by atoms with Gasteiger partial charge in [-0.25, -0.2) is 0 Å². The largest absolute Gasteiger partial charge is 0.468 e. The zero-order valence-electron chi connectivity index (χ0n) is 13.4. The third kappa shape index (κ3) is 2.61. The summed E-state index contributed by atoms with van der Waals surface area (Å²) in [6, 6.07) is 9.56. The van der Waals surface area contributed by atoms with Crippen molar-refractivity contribution in [3.63, 3.8) is 0 Å². The van der Waals surface area contributed by atoms with Gasteiger partial charge >= 0.3 is 11.9 Å². The lowest BCUT2D eigenvalue weighted by Crippen LogP contribution is -2.49. The molecule has 2 rings (SSSR count). The van der Waals surface area contributed by atoms with Crippen molar-refractivity contribution in [2.24, 2.45) is 11.3 Å². The Morgan fingerprint density at radius 2 is 1.68 bits per heavy atom. The van der Waals surface area contributed by atoms with Crippen molar-refractivity contribution in [3.05, 3.63) is 35.9 Å². The molecule has 0 aromatic heterocycles. The second kappa shape index (κ2) is 6.48. The lowest BCUT2D eigenvalue weighted by atomic mass is 9.75. The van der Waals surface area contributed by atoms with E-state index in [0.29, 0.717) is 0 Å². The van der Waals surface area contributed by atoms with Crippen molar-refractivity contribution >= 4 is 11.9 Å². The van der Waals surface area contributed by atoms with Gasteiger partial charge in [0.25, 0.3) is 0 Å². The third-order valence-corrected chi connectivity index (χ3v) is 4.18. The molecule has 2 atom stereocenters. The van der Waals surface area contributed by atoms with Crippen molar-refractivity contribution < 1.29 is 23.8 Å². The van der Waals surface area contributed by atoms with E-state index in [9.17, 15) is 9.59 Å². The molecule has 22 heavy (non-hydrogen) atoms. The van der Waals surface area contributed by atoms with Gasteiger partial charge in [-0.2, -0.15) is 0 Å². The minimum absolute atomic E-state index is 0.0353. The first-order chi connectivity index (χ1) is 10.5. The van der Waals surface area contributed by atoms with Gasteiger partial charge < -0.3 is 14.2 Å². The Bertz CT molecular complexity index is 521. The molecular formula is C17H22O5. The Morgan fingerprint density at radius 3 is 2.14 bits per heavy atom. The average molecular weight is 306 g/mol. The number of benzene rings is 1. The molecule has 1 aromatic rings. The van der Waals surface area contributed by atoms with Crippen LogP contribution in [0.5, 0.6) is 0 Å². The zero-order chi connectivity index (χ0) is 16.3. The number of esters is 2. The van der Waals surface area contributed by atoms with Crippen molar-refractivity contribution in [1.29, 1.82) is 0 Å². The van der Waals surface area contributed by atoms with E-state index in [1.54, 1.807) is 0 Å². The molecule has 0 unspecified atom stereocenters. The highest BCUT2D eigenvalue weighted by Gasteiger charge is 2.62. The Kier molecular flexibility index (Phi) is 4.86. The molecule has 0 spiro atoms. The molecular weight excluding hydrogens is 284 g/mol. The lowest BCUT2D eigenvalue weighted by molar-refractivity contribution is -0.175. The van der Waals surface area contributed by atoms with Crippen LogP contribution < -0.4 is 0 Å². The Morgan fingerprint density at radius 1 is 1.14 bits per heavy atom. The van der Waals surface area contributed by atoms with Crippen molar-refractivity contribution in [2.45, 2.75) is 32.5 Å². The molecule has 0 aliphatic carbocycles. The molecule has 0 bridgehead atoms. The molecule has 0 saturated carbocycles. The summed E-state index contributed by atoms with van der Waals surface area (Å²) in [5, 5.41) is 0. The van der Waals surface area contributed by atoms with Crippen molar-refractivity contribution in [1.82, 2.24) is 0 Å². The first-order valence-electron chi connectivity index (χ1n) is 7.34. The SMILES string of the molecule is COC(=O)C1(C(=O)OC)C[C@H](c2ccccc2)O[C@H]1C(C)C. The molecule has 5 heteroatoms. The maximum atomic E-state index is 12.4. The number of hydrogen-bond acceptors (Lipinski definition) is 5. The van der Waals surface area contributed by atoms with Crippen LogP contribution in [-0.4, -0.2) is 32.3 Å². The highest BCUT2D eigenvalue weighted by Crippen LogP contribution is 2.49. The summed E-state index contributed by atoms with van der Waals surface area (Å²) >= 11 is 0. The number of hydrogen-bond donors (Lipinski definition) is 0. The maximum absolute atomic E-state index is 12.4. The molecule has 0 N–H and O–H groups in total. The molecule has 1 aromatic carbocycles. The van der Waals surface area contributed by atoms with E-state index in [0.717, 1.165) is 5.56 Å². The third-order valence-electron chi connectivity index (χ3n) is 4.18. The number of carbonyl (C=O) groups excluding carboxylic acids is 2. The highest BCUT2D eigenvalue weighted by atomic mass is 16.6. The average Bonchev–Trinajstić information content (AvgIpc) is 2.96. The Hall–Kier alpha value is -1.88. The first kappa shape index (κ1) is 16.5. The van der Waals surface area contributed by atoms with E-state index in [4.69, 9.17) is 14.2 Å². The highest BCUT2D eigenvalue weighted by molar-refractivity contribution is 6.01. The van der Waals surface area contributed by atoms with E-state index in [-0.39, 0.29) is 18.4 Å². The molecule has 1 aliphatic rings. The normalized spacial score (nSPS) is 23.3.